The highest BCUT2D eigenvalue weighted by Crippen LogP contribution is 2.45. The van der Waals surface area contributed by atoms with Gasteiger partial charge in [-0.05, 0) is 44.4 Å². The minimum atomic E-state index is -0.657. The van der Waals surface area contributed by atoms with Crippen molar-refractivity contribution in [3.05, 3.63) is 23.8 Å². The number of aromatic hydroxyl groups is 1. The van der Waals surface area contributed by atoms with E-state index in [4.69, 9.17) is 4.74 Å². The molecule has 1 aliphatic heterocycles. The molecule has 1 saturated heterocycles. The van der Waals surface area contributed by atoms with Gasteiger partial charge in [0.15, 0.2) is 18.0 Å². The number of quaternary nitrogens is 1. The number of rotatable bonds is 7. The molecule has 0 bridgehead atoms. The molecule has 2 aliphatic rings. The van der Waals surface area contributed by atoms with Crippen molar-refractivity contribution in [2.45, 2.75) is 64.0 Å². The Balaban J connectivity index is 1.91. The Bertz CT molecular complexity index is 681. The van der Waals surface area contributed by atoms with Gasteiger partial charge in [-0.3, -0.25) is 4.79 Å². The summed E-state index contributed by atoms with van der Waals surface area (Å²) < 4.78 is 5.60. The molecule has 1 saturated carbocycles. The molecule has 1 heterocycles. The lowest BCUT2D eigenvalue weighted by Crippen LogP contribution is -3.16. The highest BCUT2D eigenvalue weighted by atomic mass is 16.5. The van der Waals surface area contributed by atoms with Crippen molar-refractivity contribution in [1.29, 1.82) is 0 Å². The lowest BCUT2D eigenvalue weighted by Gasteiger charge is -2.50. The van der Waals surface area contributed by atoms with E-state index in [1.54, 1.807) is 6.07 Å². The zero-order valence-corrected chi connectivity index (χ0v) is 17.2. The van der Waals surface area contributed by atoms with Crippen molar-refractivity contribution in [3.8, 4) is 11.5 Å². The van der Waals surface area contributed by atoms with Crippen LogP contribution in [0.3, 0.4) is 0 Å². The molecular formula is C22H35N2O4+. The van der Waals surface area contributed by atoms with Gasteiger partial charge in [0, 0.05) is 24.4 Å². The number of fused-ring (bicyclic) bond motifs is 1. The summed E-state index contributed by atoms with van der Waals surface area (Å²) in [6.07, 6.45) is 5.62. The molecule has 1 unspecified atom stereocenters. The second-order valence-electron chi connectivity index (χ2n) is 8.28. The summed E-state index contributed by atoms with van der Waals surface area (Å²) in [6, 6.07) is 5.51. The maximum absolute atomic E-state index is 12.5. The quantitative estimate of drug-likeness (QED) is 0.569. The number of benzene rings is 1. The molecule has 0 radical (unpaired) electrons. The van der Waals surface area contributed by atoms with Gasteiger partial charge < -0.3 is 25.2 Å². The van der Waals surface area contributed by atoms with Gasteiger partial charge in [-0.2, -0.15) is 0 Å². The molecule has 1 aromatic rings. The van der Waals surface area contributed by atoms with Crippen molar-refractivity contribution < 1.29 is 24.6 Å². The van der Waals surface area contributed by atoms with Crippen LogP contribution in [0.25, 0.3) is 0 Å². The first-order valence-corrected chi connectivity index (χ1v) is 10.8. The van der Waals surface area contributed by atoms with Gasteiger partial charge in [0.05, 0.1) is 18.8 Å². The number of hydrogen-bond donors (Lipinski definition) is 4. The van der Waals surface area contributed by atoms with Gasteiger partial charge in [-0.25, -0.2) is 0 Å². The van der Waals surface area contributed by atoms with E-state index < -0.39 is 5.60 Å². The number of amides is 1. The van der Waals surface area contributed by atoms with Crippen LogP contribution in [0, 0.1) is 5.92 Å². The molecule has 4 N–H and O–H groups in total. The zero-order chi connectivity index (χ0) is 20.1. The lowest BCUT2D eigenvalue weighted by molar-refractivity contribution is -0.937. The SMILES string of the molecule is CCCNC(=O)C[NH+]1CC[C@]2(O)CCCC[C@@H]2[C@H]1c1ccc(O)c(OCC)c1. The van der Waals surface area contributed by atoms with Crippen LogP contribution >= 0.6 is 0 Å². The summed E-state index contributed by atoms with van der Waals surface area (Å²) >= 11 is 0. The van der Waals surface area contributed by atoms with Crippen LogP contribution < -0.4 is 15.0 Å². The van der Waals surface area contributed by atoms with Crippen molar-refractivity contribution >= 4 is 5.91 Å². The van der Waals surface area contributed by atoms with E-state index in [0.717, 1.165) is 50.6 Å². The second-order valence-corrected chi connectivity index (χ2v) is 8.28. The van der Waals surface area contributed by atoms with Gasteiger partial charge in [0.25, 0.3) is 5.91 Å². The van der Waals surface area contributed by atoms with E-state index in [9.17, 15) is 15.0 Å². The highest BCUT2D eigenvalue weighted by Gasteiger charge is 2.52. The van der Waals surface area contributed by atoms with Crippen molar-refractivity contribution in [1.82, 2.24) is 5.32 Å². The zero-order valence-electron chi connectivity index (χ0n) is 17.2. The Morgan fingerprint density at radius 2 is 2.14 bits per heavy atom. The number of aliphatic hydroxyl groups is 1. The minimum Gasteiger partial charge on any atom is -0.504 e. The predicted molar refractivity (Wildman–Crippen MR) is 108 cm³/mol. The molecule has 0 spiro atoms. The first kappa shape index (κ1) is 20.9. The van der Waals surface area contributed by atoms with Crippen LogP contribution in [0.4, 0.5) is 0 Å². The molecule has 6 nitrogen and oxygen atoms in total. The van der Waals surface area contributed by atoms with E-state index in [1.165, 1.54) is 4.90 Å². The average molecular weight is 392 g/mol. The summed E-state index contributed by atoms with van der Waals surface area (Å²) in [6.45, 7) is 6.28. The van der Waals surface area contributed by atoms with Gasteiger partial charge in [0.2, 0.25) is 0 Å². The molecule has 28 heavy (non-hydrogen) atoms. The van der Waals surface area contributed by atoms with E-state index in [-0.39, 0.29) is 23.6 Å². The van der Waals surface area contributed by atoms with Crippen LogP contribution in [0.15, 0.2) is 18.2 Å². The van der Waals surface area contributed by atoms with Gasteiger partial charge >= 0.3 is 0 Å². The number of carbonyl (C=O) groups excluding carboxylic acids is 1. The summed E-state index contributed by atoms with van der Waals surface area (Å²) in [5.41, 5.74) is 0.375. The number of likely N-dealkylation sites (tertiary alicyclic amines) is 1. The number of phenols is 1. The first-order chi connectivity index (χ1) is 13.5. The van der Waals surface area contributed by atoms with Gasteiger partial charge in [-0.15, -0.1) is 0 Å². The minimum absolute atomic E-state index is 0.0197. The fourth-order valence-corrected chi connectivity index (χ4v) is 5.05. The fraction of sp³-hybridized carbons (Fsp3) is 0.682. The monoisotopic (exact) mass is 391 g/mol. The smallest absolute Gasteiger partial charge is 0.275 e. The number of hydrogen-bond acceptors (Lipinski definition) is 4. The normalized spacial score (nSPS) is 29.8. The van der Waals surface area contributed by atoms with Crippen molar-refractivity contribution in [2.75, 3.05) is 26.2 Å². The summed E-state index contributed by atoms with van der Waals surface area (Å²) in [5, 5.41) is 24.4. The number of ether oxygens (including phenoxy) is 1. The maximum Gasteiger partial charge on any atom is 0.275 e. The second kappa shape index (κ2) is 9.14. The van der Waals surface area contributed by atoms with Crippen molar-refractivity contribution in [3.63, 3.8) is 0 Å². The molecule has 0 aromatic heterocycles. The number of phenolic OH excluding ortho intramolecular Hbond substituents is 1. The van der Waals surface area contributed by atoms with Gasteiger partial charge in [-0.1, -0.05) is 19.8 Å². The van der Waals surface area contributed by atoms with Crippen LogP contribution in [-0.4, -0.2) is 48.0 Å². The molecule has 1 amide bonds. The Morgan fingerprint density at radius 3 is 2.89 bits per heavy atom. The average Bonchev–Trinajstić information content (AvgIpc) is 2.68. The summed E-state index contributed by atoms with van der Waals surface area (Å²) in [5.74, 6) is 0.775. The van der Waals surface area contributed by atoms with Crippen molar-refractivity contribution in [2.24, 2.45) is 5.92 Å². The molecule has 1 aliphatic carbocycles. The molecule has 4 atom stereocenters. The third kappa shape index (κ3) is 4.44. The molecule has 3 rings (SSSR count). The molecule has 1 aromatic carbocycles. The van der Waals surface area contributed by atoms with E-state index >= 15 is 0 Å². The largest absolute Gasteiger partial charge is 0.504 e. The topological polar surface area (TPSA) is 83.2 Å². The maximum atomic E-state index is 12.5. The van der Waals surface area contributed by atoms with E-state index in [0.29, 0.717) is 25.4 Å². The van der Waals surface area contributed by atoms with E-state index in [2.05, 4.69) is 5.32 Å². The molecule has 156 valence electrons. The Kier molecular flexibility index (Phi) is 6.83. The first-order valence-electron chi connectivity index (χ1n) is 10.8. The fourth-order valence-electron chi connectivity index (χ4n) is 5.05. The molecule has 6 heteroatoms. The van der Waals surface area contributed by atoms with Gasteiger partial charge in [0.1, 0.15) is 6.04 Å². The third-order valence-corrected chi connectivity index (χ3v) is 6.39. The molecule has 2 fully saturated rings. The van der Waals surface area contributed by atoms with Crippen LogP contribution in [0.5, 0.6) is 11.5 Å². The Labute approximate surface area is 167 Å². The van der Waals surface area contributed by atoms with Crippen LogP contribution in [0.2, 0.25) is 0 Å². The van der Waals surface area contributed by atoms with Crippen LogP contribution in [0.1, 0.15) is 64.0 Å². The standard InChI is InChI=1S/C22H34N2O4/c1-3-12-23-20(26)15-24-13-11-22(27)10-6-5-7-17(22)21(24)16-8-9-18(25)19(14-16)28-4-2/h8-9,14,17,21,25,27H,3-7,10-13,15H2,1-2H3,(H,23,26)/p+1/t17-,21-,22-/m1/s1. The van der Waals surface area contributed by atoms with Crippen LogP contribution in [-0.2, 0) is 4.79 Å². The molecular weight excluding hydrogens is 356 g/mol. The third-order valence-electron chi connectivity index (χ3n) is 6.39. The lowest BCUT2D eigenvalue weighted by atomic mass is 9.66. The predicted octanol–water partition coefficient (Wildman–Crippen LogP) is 1.57. The van der Waals surface area contributed by atoms with E-state index in [1.807, 2.05) is 26.0 Å². The Morgan fingerprint density at radius 1 is 1.32 bits per heavy atom. The number of piperidine rings is 1. The summed E-state index contributed by atoms with van der Waals surface area (Å²) in [4.78, 5) is 13.6. The number of carbonyl (C=O) groups is 1. The highest BCUT2D eigenvalue weighted by molar-refractivity contribution is 5.76. The Hall–Kier alpha value is -1.79. The summed E-state index contributed by atoms with van der Waals surface area (Å²) in [7, 11) is 0. The number of nitrogens with one attached hydrogen (secondary N) is 2.